The lowest BCUT2D eigenvalue weighted by molar-refractivity contribution is 0.652. The van der Waals surface area contributed by atoms with Crippen molar-refractivity contribution in [1.29, 1.82) is 0 Å². The summed E-state index contributed by atoms with van der Waals surface area (Å²) in [5.41, 5.74) is 6.36. The summed E-state index contributed by atoms with van der Waals surface area (Å²) in [6.07, 6.45) is 13.7. The minimum absolute atomic E-state index is 0.810. The number of rotatable bonds is 14. The van der Waals surface area contributed by atoms with Crippen LogP contribution in [0.5, 0.6) is 0 Å². The Morgan fingerprint density at radius 2 is 1.17 bits per heavy atom. The zero-order chi connectivity index (χ0) is 16.8. The normalized spacial score (nSPS) is 12.5. The molecule has 0 fully saturated rings. The Morgan fingerprint density at radius 3 is 1.61 bits per heavy atom. The van der Waals surface area contributed by atoms with Gasteiger partial charge in [0.2, 0.25) is 0 Å². The Balaban J connectivity index is 2.61. The number of nitrogens with two attached hydrogens (primary N) is 1. The molecule has 134 valence electrons. The van der Waals surface area contributed by atoms with E-state index in [0.717, 1.165) is 5.88 Å². The van der Waals surface area contributed by atoms with Crippen LogP contribution in [0.3, 0.4) is 0 Å². The number of hydrogen-bond donors (Lipinski definition) is 1. The smallest absolute Gasteiger partial charge is 0.0273 e. The second-order valence-corrected chi connectivity index (χ2v) is 10.5. The molecule has 1 nitrogen and oxygen atoms in total. The van der Waals surface area contributed by atoms with E-state index >= 15 is 0 Å². The molecule has 0 unspecified atom stereocenters. The molecule has 0 aliphatic carbocycles. The van der Waals surface area contributed by atoms with Crippen LogP contribution < -0.4 is 5.73 Å². The van der Waals surface area contributed by atoms with Crippen LogP contribution in [-0.4, -0.2) is 17.4 Å². The first-order valence-corrected chi connectivity index (χ1v) is 11.9. The molecule has 1 aromatic carbocycles. The zero-order valence-electron chi connectivity index (χ0n) is 15.6. The summed E-state index contributed by atoms with van der Waals surface area (Å²) in [5.74, 6) is 3.55. The van der Waals surface area contributed by atoms with E-state index in [4.69, 9.17) is 5.73 Å². The van der Waals surface area contributed by atoms with Gasteiger partial charge < -0.3 is 5.73 Å². The molecule has 1 aromatic rings. The molecule has 2 N–H and O–H groups in total. The summed E-state index contributed by atoms with van der Waals surface area (Å²) in [6.45, 7) is 4.57. The highest BCUT2D eigenvalue weighted by Crippen LogP contribution is 2.55. The third kappa shape index (κ3) is 7.76. The van der Waals surface area contributed by atoms with Gasteiger partial charge >= 0.3 is 0 Å². The van der Waals surface area contributed by atoms with Gasteiger partial charge in [-0.25, -0.2) is 10.0 Å². The van der Waals surface area contributed by atoms with E-state index in [1.54, 1.807) is 4.90 Å². The van der Waals surface area contributed by atoms with E-state index in [1.807, 2.05) is 0 Å². The predicted molar refractivity (Wildman–Crippen MR) is 109 cm³/mol. The molecule has 0 aliphatic heterocycles. The SMILES string of the molecule is CCCCCCCS(CN)(CCCCCCC)c1ccccc1. The van der Waals surface area contributed by atoms with Gasteiger partial charge in [-0.05, 0) is 29.2 Å². The second-order valence-electron chi connectivity index (χ2n) is 6.76. The van der Waals surface area contributed by atoms with Crippen LogP contribution in [-0.2, 0) is 0 Å². The third-order valence-corrected chi connectivity index (χ3v) is 8.89. The second kappa shape index (κ2) is 12.9. The summed E-state index contributed by atoms with van der Waals surface area (Å²) in [6, 6.07) is 11.2. The molecule has 0 spiro atoms. The van der Waals surface area contributed by atoms with Crippen molar-refractivity contribution in [1.82, 2.24) is 0 Å². The maximum atomic E-state index is 6.36. The number of hydrogen-bond acceptors (Lipinski definition) is 1. The van der Waals surface area contributed by atoms with Gasteiger partial charge in [-0.15, -0.1) is 0 Å². The predicted octanol–water partition coefficient (Wildman–Crippen LogP) is 6.71. The lowest BCUT2D eigenvalue weighted by Gasteiger charge is -2.40. The highest BCUT2D eigenvalue weighted by molar-refractivity contribution is 8.33. The summed E-state index contributed by atoms with van der Waals surface area (Å²) >= 11 is 0. The first-order chi connectivity index (χ1) is 11.3. The molecule has 0 aliphatic rings. The summed E-state index contributed by atoms with van der Waals surface area (Å²) in [7, 11) is -0.810. The quantitative estimate of drug-likeness (QED) is 0.375. The maximum absolute atomic E-state index is 6.36. The summed E-state index contributed by atoms with van der Waals surface area (Å²) < 4.78 is 0. The fourth-order valence-corrected chi connectivity index (χ4v) is 6.72. The van der Waals surface area contributed by atoms with Crippen LogP contribution in [0.25, 0.3) is 0 Å². The van der Waals surface area contributed by atoms with Crippen molar-refractivity contribution in [2.24, 2.45) is 5.73 Å². The Labute approximate surface area is 146 Å². The van der Waals surface area contributed by atoms with E-state index in [0.29, 0.717) is 0 Å². The largest absolute Gasteiger partial charge is 0.323 e. The molecule has 0 aromatic heterocycles. The van der Waals surface area contributed by atoms with Gasteiger partial charge in [0.25, 0.3) is 0 Å². The first kappa shape index (κ1) is 20.6. The van der Waals surface area contributed by atoms with Crippen molar-refractivity contribution in [3.05, 3.63) is 30.3 Å². The highest BCUT2D eigenvalue weighted by atomic mass is 32.3. The van der Waals surface area contributed by atoms with Crippen molar-refractivity contribution in [2.75, 3.05) is 17.4 Å². The van der Waals surface area contributed by atoms with Gasteiger partial charge in [0, 0.05) is 5.88 Å². The Hall–Kier alpha value is -0.470. The average molecular weight is 338 g/mol. The fourth-order valence-electron chi connectivity index (χ4n) is 3.27. The Kier molecular flexibility index (Phi) is 11.5. The van der Waals surface area contributed by atoms with Crippen molar-refractivity contribution in [2.45, 2.75) is 83.0 Å². The number of benzene rings is 1. The van der Waals surface area contributed by atoms with Gasteiger partial charge in [-0.2, -0.15) is 0 Å². The minimum atomic E-state index is -0.810. The monoisotopic (exact) mass is 337 g/mol. The molecule has 0 radical (unpaired) electrons. The molecule has 0 saturated heterocycles. The molecule has 0 bridgehead atoms. The van der Waals surface area contributed by atoms with Crippen molar-refractivity contribution < 1.29 is 0 Å². The molecule has 2 heteroatoms. The average Bonchev–Trinajstić information content (AvgIpc) is 2.60. The van der Waals surface area contributed by atoms with E-state index in [2.05, 4.69) is 44.2 Å². The molecule has 0 heterocycles. The van der Waals surface area contributed by atoms with Gasteiger partial charge in [-0.3, -0.25) is 0 Å². The van der Waals surface area contributed by atoms with Crippen LogP contribution >= 0.6 is 10.0 Å². The van der Waals surface area contributed by atoms with Gasteiger partial charge in [-0.1, -0.05) is 95.5 Å². The van der Waals surface area contributed by atoms with Crippen molar-refractivity contribution >= 4 is 10.0 Å². The lowest BCUT2D eigenvalue weighted by Crippen LogP contribution is -2.20. The molecular formula is C21H39NS. The van der Waals surface area contributed by atoms with Gasteiger partial charge in [0.05, 0.1) is 0 Å². The maximum Gasteiger partial charge on any atom is 0.0273 e. The molecular weight excluding hydrogens is 298 g/mol. The molecule has 0 saturated carbocycles. The van der Waals surface area contributed by atoms with Crippen molar-refractivity contribution in [3.8, 4) is 0 Å². The molecule has 1 rings (SSSR count). The first-order valence-electron chi connectivity index (χ1n) is 9.80. The zero-order valence-corrected chi connectivity index (χ0v) is 16.4. The van der Waals surface area contributed by atoms with Crippen LogP contribution in [0.1, 0.15) is 78.1 Å². The van der Waals surface area contributed by atoms with E-state index in [-0.39, 0.29) is 0 Å². The lowest BCUT2D eigenvalue weighted by atomic mass is 10.2. The highest BCUT2D eigenvalue weighted by Gasteiger charge is 2.23. The molecule has 23 heavy (non-hydrogen) atoms. The van der Waals surface area contributed by atoms with Gasteiger partial charge in [0.15, 0.2) is 0 Å². The van der Waals surface area contributed by atoms with Gasteiger partial charge in [0.1, 0.15) is 0 Å². The van der Waals surface area contributed by atoms with Crippen molar-refractivity contribution in [3.63, 3.8) is 0 Å². The Bertz CT molecular complexity index is 363. The number of unbranched alkanes of at least 4 members (excludes halogenated alkanes) is 8. The Morgan fingerprint density at radius 1 is 0.696 bits per heavy atom. The summed E-state index contributed by atoms with van der Waals surface area (Å²) in [4.78, 5) is 1.55. The summed E-state index contributed by atoms with van der Waals surface area (Å²) in [5, 5.41) is 0. The van der Waals surface area contributed by atoms with Crippen LogP contribution in [0.2, 0.25) is 0 Å². The topological polar surface area (TPSA) is 26.0 Å². The minimum Gasteiger partial charge on any atom is -0.323 e. The van der Waals surface area contributed by atoms with Crippen LogP contribution in [0, 0.1) is 0 Å². The third-order valence-electron chi connectivity index (χ3n) is 4.84. The van der Waals surface area contributed by atoms with Crippen LogP contribution in [0.4, 0.5) is 0 Å². The van der Waals surface area contributed by atoms with E-state index in [9.17, 15) is 0 Å². The molecule has 0 amide bonds. The standard InChI is InChI=1S/C21H39NS/c1-3-5-7-9-14-18-23(20-22,19-15-10-8-6-4-2)21-16-12-11-13-17-21/h11-13,16-17H,3-10,14-15,18-20,22H2,1-2H3. The van der Waals surface area contributed by atoms with E-state index in [1.165, 1.54) is 75.7 Å². The van der Waals surface area contributed by atoms with Crippen LogP contribution in [0.15, 0.2) is 35.2 Å². The molecule has 0 atom stereocenters. The van der Waals surface area contributed by atoms with E-state index < -0.39 is 10.0 Å². The fraction of sp³-hybridized carbons (Fsp3) is 0.714.